The molecule has 2 fully saturated rings. The number of carbonyl (C=O) groups excluding carboxylic acids is 1. The lowest BCUT2D eigenvalue weighted by atomic mass is 9.82. The van der Waals surface area contributed by atoms with Crippen LogP contribution in [0.2, 0.25) is 0 Å². The Bertz CT molecular complexity index is 205. The quantitative estimate of drug-likeness (QED) is 0.619. The van der Waals surface area contributed by atoms with Crippen molar-refractivity contribution in [3.05, 3.63) is 0 Å². The van der Waals surface area contributed by atoms with Crippen LogP contribution in [0, 0.1) is 0 Å². The molecular weight excluding hydrogens is 171 g/mol. The molecule has 0 amide bonds. The Hall–Kier alpha value is -0.600. The summed E-state index contributed by atoms with van der Waals surface area (Å²) in [5.74, 6) is -0.606. The lowest BCUT2D eigenvalue weighted by Gasteiger charge is -2.32. The molecule has 0 aromatic heterocycles. The Morgan fingerprint density at radius 3 is 2.31 bits per heavy atom. The summed E-state index contributed by atoms with van der Waals surface area (Å²) in [5, 5.41) is 0. The van der Waals surface area contributed by atoms with Gasteiger partial charge in [-0.25, -0.2) is 9.18 Å². The van der Waals surface area contributed by atoms with E-state index >= 15 is 0 Å². The molecular formula is C10H15FO2. The Labute approximate surface area is 77.5 Å². The third-order valence-electron chi connectivity index (χ3n) is 3.09. The van der Waals surface area contributed by atoms with Gasteiger partial charge in [0.15, 0.2) is 0 Å². The number of halogens is 1. The first kappa shape index (κ1) is 8.97. The number of rotatable bonds is 2. The lowest BCUT2D eigenvalue weighted by molar-refractivity contribution is -0.169. The Balaban J connectivity index is 1.83. The predicted octanol–water partition coefficient (Wildman–Crippen LogP) is 2.36. The lowest BCUT2D eigenvalue weighted by Crippen LogP contribution is -2.43. The van der Waals surface area contributed by atoms with Crippen LogP contribution >= 0.6 is 0 Å². The van der Waals surface area contributed by atoms with E-state index in [4.69, 9.17) is 4.74 Å². The molecule has 0 aromatic carbocycles. The summed E-state index contributed by atoms with van der Waals surface area (Å²) in [7, 11) is 0. The normalized spacial score (nSPS) is 26.8. The molecule has 2 rings (SSSR count). The smallest absolute Gasteiger partial charge is 0.344 e. The van der Waals surface area contributed by atoms with Crippen molar-refractivity contribution >= 4 is 5.97 Å². The van der Waals surface area contributed by atoms with Crippen molar-refractivity contribution in [2.75, 3.05) is 0 Å². The molecule has 13 heavy (non-hydrogen) atoms. The van der Waals surface area contributed by atoms with Gasteiger partial charge in [0.25, 0.3) is 0 Å². The average molecular weight is 186 g/mol. The van der Waals surface area contributed by atoms with Gasteiger partial charge in [-0.3, -0.25) is 0 Å². The molecule has 0 radical (unpaired) electrons. The third kappa shape index (κ3) is 1.69. The maximum atomic E-state index is 13.5. The molecule has 0 N–H and O–H groups in total. The van der Waals surface area contributed by atoms with E-state index in [1.54, 1.807) is 0 Å². The van der Waals surface area contributed by atoms with Gasteiger partial charge in [0, 0.05) is 0 Å². The zero-order valence-electron chi connectivity index (χ0n) is 7.72. The van der Waals surface area contributed by atoms with Crippen molar-refractivity contribution in [3.8, 4) is 0 Å². The minimum absolute atomic E-state index is 0.000671. The van der Waals surface area contributed by atoms with Crippen molar-refractivity contribution in [3.63, 3.8) is 0 Å². The molecule has 0 heterocycles. The topological polar surface area (TPSA) is 26.3 Å². The molecule has 3 heteroatoms. The van der Waals surface area contributed by atoms with Crippen LogP contribution in [0.1, 0.15) is 44.9 Å². The van der Waals surface area contributed by atoms with Gasteiger partial charge in [-0.15, -0.1) is 0 Å². The van der Waals surface area contributed by atoms with Gasteiger partial charge in [-0.2, -0.15) is 0 Å². The van der Waals surface area contributed by atoms with Crippen molar-refractivity contribution in [2.45, 2.75) is 56.7 Å². The second kappa shape index (κ2) is 3.28. The highest BCUT2D eigenvalue weighted by molar-refractivity contribution is 5.80. The maximum absolute atomic E-state index is 13.5. The highest BCUT2D eigenvalue weighted by atomic mass is 19.1. The van der Waals surface area contributed by atoms with Gasteiger partial charge < -0.3 is 4.74 Å². The van der Waals surface area contributed by atoms with E-state index in [1.807, 2.05) is 0 Å². The highest BCUT2D eigenvalue weighted by Crippen LogP contribution is 2.38. The fraction of sp³-hybridized carbons (Fsp3) is 0.900. The van der Waals surface area contributed by atoms with E-state index in [9.17, 15) is 9.18 Å². The molecule has 2 aliphatic carbocycles. The van der Waals surface area contributed by atoms with Crippen LogP contribution in [-0.4, -0.2) is 17.7 Å². The van der Waals surface area contributed by atoms with Crippen molar-refractivity contribution < 1.29 is 13.9 Å². The average Bonchev–Trinajstić information content (AvgIpc) is 2.52. The molecule has 0 saturated heterocycles. The highest BCUT2D eigenvalue weighted by Gasteiger charge is 2.47. The molecule has 0 aromatic rings. The zero-order chi connectivity index (χ0) is 9.31. The van der Waals surface area contributed by atoms with E-state index in [0.717, 1.165) is 32.1 Å². The number of alkyl halides is 1. The predicted molar refractivity (Wildman–Crippen MR) is 46.0 cm³/mol. The summed E-state index contributed by atoms with van der Waals surface area (Å²) in [5.41, 5.74) is -1.62. The van der Waals surface area contributed by atoms with Crippen LogP contribution in [-0.2, 0) is 9.53 Å². The number of hydrogen-bond acceptors (Lipinski definition) is 2. The van der Waals surface area contributed by atoms with Crippen LogP contribution in [0.4, 0.5) is 4.39 Å². The standard InChI is InChI=1S/C10H15FO2/c11-10(6-3-7-10)9(12)13-8-4-1-2-5-8/h8H,1-7H2. The molecule has 0 bridgehead atoms. The minimum Gasteiger partial charge on any atom is -0.460 e. The van der Waals surface area contributed by atoms with E-state index < -0.39 is 11.6 Å². The van der Waals surface area contributed by atoms with Crippen molar-refractivity contribution in [1.29, 1.82) is 0 Å². The molecule has 2 saturated carbocycles. The Morgan fingerprint density at radius 1 is 1.23 bits per heavy atom. The molecule has 2 nitrogen and oxygen atoms in total. The summed E-state index contributed by atoms with van der Waals surface area (Å²) in [6, 6.07) is 0. The Morgan fingerprint density at radius 2 is 1.85 bits per heavy atom. The molecule has 0 unspecified atom stereocenters. The van der Waals surface area contributed by atoms with E-state index in [-0.39, 0.29) is 6.10 Å². The van der Waals surface area contributed by atoms with Crippen LogP contribution in [0.25, 0.3) is 0 Å². The summed E-state index contributed by atoms with van der Waals surface area (Å²) < 4.78 is 18.6. The van der Waals surface area contributed by atoms with Gasteiger partial charge >= 0.3 is 5.97 Å². The van der Waals surface area contributed by atoms with E-state index in [0.29, 0.717) is 12.8 Å². The van der Waals surface area contributed by atoms with Crippen LogP contribution in [0.3, 0.4) is 0 Å². The second-order valence-corrected chi connectivity index (χ2v) is 4.13. The molecule has 0 aliphatic heterocycles. The largest absolute Gasteiger partial charge is 0.460 e. The van der Waals surface area contributed by atoms with Gasteiger partial charge in [0.05, 0.1) is 0 Å². The number of ether oxygens (including phenoxy) is 1. The monoisotopic (exact) mass is 186 g/mol. The van der Waals surface area contributed by atoms with Gasteiger partial charge in [-0.05, 0) is 44.9 Å². The first-order chi connectivity index (χ1) is 6.21. The fourth-order valence-corrected chi connectivity index (χ4v) is 1.95. The zero-order valence-corrected chi connectivity index (χ0v) is 7.72. The van der Waals surface area contributed by atoms with E-state index in [2.05, 4.69) is 0 Å². The maximum Gasteiger partial charge on any atom is 0.344 e. The van der Waals surface area contributed by atoms with Crippen molar-refractivity contribution in [2.24, 2.45) is 0 Å². The summed E-state index contributed by atoms with van der Waals surface area (Å²) in [6.07, 6.45) is 5.59. The number of carbonyl (C=O) groups is 1. The van der Waals surface area contributed by atoms with Gasteiger partial charge in [0.2, 0.25) is 5.67 Å². The van der Waals surface area contributed by atoms with Crippen LogP contribution in [0.15, 0.2) is 0 Å². The SMILES string of the molecule is O=C(OC1CCCC1)C1(F)CCC1. The number of esters is 1. The summed E-state index contributed by atoms with van der Waals surface area (Å²) >= 11 is 0. The van der Waals surface area contributed by atoms with Gasteiger partial charge in [0.1, 0.15) is 6.10 Å². The van der Waals surface area contributed by atoms with Crippen molar-refractivity contribution in [1.82, 2.24) is 0 Å². The molecule has 74 valence electrons. The molecule has 0 spiro atoms. The second-order valence-electron chi connectivity index (χ2n) is 4.13. The summed E-state index contributed by atoms with van der Waals surface area (Å²) in [4.78, 5) is 11.3. The Kier molecular flexibility index (Phi) is 2.26. The first-order valence-corrected chi connectivity index (χ1v) is 5.11. The van der Waals surface area contributed by atoms with E-state index in [1.165, 1.54) is 0 Å². The molecule has 2 aliphatic rings. The fourth-order valence-electron chi connectivity index (χ4n) is 1.95. The van der Waals surface area contributed by atoms with Crippen LogP contribution in [0.5, 0.6) is 0 Å². The third-order valence-corrected chi connectivity index (χ3v) is 3.09. The van der Waals surface area contributed by atoms with Gasteiger partial charge in [-0.1, -0.05) is 0 Å². The summed E-state index contributed by atoms with van der Waals surface area (Å²) in [6.45, 7) is 0. The minimum atomic E-state index is -1.62. The molecule has 0 atom stereocenters. The van der Waals surface area contributed by atoms with Crippen LogP contribution < -0.4 is 0 Å². The first-order valence-electron chi connectivity index (χ1n) is 5.11. The number of hydrogen-bond donors (Lipinski definition) is 0.